The van der Waals surface area contributed by atoms with Gasteiger partial charge < -0.3 is 9.64 Å². The number of piperidine rings is 1. The van der Waals surface area contributed by atoms with Gasteiger partial charge in [-0.3, -0.25) is 0 Å². The molecule has 0 amide bonds. The Morgan fingerprint density at radius 2 is 1.85 bits per heavy atom. The third-order valence-electron chi connectivity index (χ3n) is 3.93. The normalized spacial score (nSPS) is 18.1. The minimum atomic E-state index is 0.178. The van der Waals surface area contributed by atoms with Crippen molar-refractivity contribution in [3.63, 3.8) is 0 Å². The molecule has 0 N–H and O–H groups in total. The quantitative estimate of drug-likeness (QED) is 0.677. The van der Waals surface area contributed by atoms with Crippen molar-refractivity contribution in [2.45, 2.75) is 45.1 Å². The van der Waals surface area contributed by atoms with E-state index in [1.165, 1.54) is 44.3 Å². The van der Waals surface area contributed by atoms with Crippen LogP contribution in [-0.4, -0.2) is 31.1 Å². The van der Waals surface area contributed by atoms with E-state index in [0.717, 1.165) is 24.6 Å². The van der Waals surface area contributed by atoms with E-state index >= 15 is 0 Å². The highest BCUT2D eigenvalue weighted by Gasteiger charge is 2.18. The molecule has 1 atom stereocenters. The number of rotatable bonds is 7. The van der Waals surface area contributed by atoms with E-state index < -0.39 is 0 Å². The standard InChI is InChI=1S/C17H26ClNO/c1-2-3-13-20-17(14-19-11-5-4-6-12-19)15-7-9-16(18)10-8-15/h7-10,17H,2-6,11-14H2,1H3. The van der Waals surface area contributed by atoms with Crippen molar-refractivity contribution in [2.24, 2.45) is 0 Å². The molecule has 0 saturated carbocycles. The molecule has 2 rings (SSSR count). The molecule has 1 saturated heterocycles. The number of hydrogen-bond acceptors (Lipinski definition) is 2. The van der Waals surface area contributed by atoms with Gasteiger partial charge in [0.05, 0.1) is 6.10 Å². The van der Waals surface area contributed by atoms with Crippen LogP contribution in [0.25, 0.3) is 0 Å². The molecule has 3 heteroatoms. The topological polar surface area (TPSA) is 12.5 Å². The maximum Gasteiger partial charge on any atom is 0.0951 e. The number of benzene rings is 1. The first kappa shape index (κ1) is 15.8. The largest absolute Gasteiger partial charge is 0.372 e. The maximum atomic E-state index is 6.13. The van der Waals surface area contributed by atoms with E-state index in [2.05, 4.69) is 24.0 Å². The smallest absolute Gasteiger partial charge is 0.0951 e. The Kier molecular flexibility index (Phi) is 6.85. The van der Waals surface area contributed by atoms with Gasteiger partial charge >= 0.3 is 0 Å². The number of unbranched alkanes of at least 4 members (excludes halogenated alkanes) is 1. The average molecular weight is 296 g/mol. The fraction of sp³-hybridized carbons (Fsp3) is 0.647. The fourth-order valence-corrected chi connectivity index (χ4v) is 2.80. The number of nitrogens with zero attached hydrogens (tertiary/aromatic N) is 1. The lowest BCUT2D eigenvalue weighted by Crippen LogP contribution is -2.34. The number of halogens is 1. The van der Waals surface area contributed by atoms with E-state index in [4.69, 9.17) is 16.3 Å². The Morgan fingerprint density at radius 1 is 1.15 bits per heavy atom. The van der Waals surface area contributed by atoms with Crippen molar-refractivity contribution in [1.29, 1.82) is 0 Å². The van der Waals surface area contributed by atoms with Gasteiger partial charge in [-0.25, -0.2) is 0 Å². The molecule has 0 spiro atoms. The van der Waals surface area contributed by atoms with Gasteiger partial charge in [0.1, 0.15) is 0 Å². The van der Waals surface area contributed by atoms with Crippen molar-refractivity contribution in [2.75, 3.05) is 26.2 Å². The zero-order valence-corrected chi connectivity index (χ0v) is 13.2. The minimum absolute atomic E-state index is 0.178. The molecule has 1 heterocycles. The zero-order chi connectivity index (χ0) is 14.2. The second-order valence-electron chi connectivity index (χ2n) is 5.63. The van der Waals surface area contributed by atoms with Crippen LogP contribution in [0.1, 0.15) is 50.7 Å². The summed E-state index contributed by atoms with van der Waals surface area (Å²) in [5, 5.41) is 0.791. The molecule has 0 aromatic heterocycles. The SMILES string of the molecule is CCCCOC(CN1CCCCC1)c1ccc(Cl)cc1. The minimum Gasteiger partial charge on any atom is -0.372 e. The van der Waals surface area contributed by atoms with Gasteiger partial charge in [0.2, 0.25) is 0 Å². The van der Waals surface area contributed by atoms with Crippen molar-refractivity contribution in [1.82, 2.24) is 4.90 Å². The lowest BCUT2D eigenvalue weighted by Gasteiger charge is -2.30. The molecule has 2 nitrogen and oxygen atoms in total. The van der Waals surface area contributed by atoms with E-state index in [-0.39, 0.29) is 6.10 Å². The van der Waals surface area contributed by atoms with Crippen LogP contribution in [0, 0.1) is 0 Å². The highest BCUT2D eigenvalue weighted by atomic mass is 35.5. The third kappa shape index (κ3) is 5.08. The van der Waals surface area contributed by atoms with Crippen LogP contribution in [0.2, 0.25) is 5.02 Å². The molecular formula is C17H26ClNO. The van der Waals surface area contributed by atoms with E-state index in [0.29, 0.717) is 0 Å². The monoisotopic (exact) mass is 295 g/mol. The van der Waals surface area contributed by atoms with Crippen LogP contribution in [0.3, 0.4) is 0 Å². The lowest BCUT2D eigenvalue weighted by molar-refractivity contribution is 0.0192. The predicted octanol–water partition coefficient (Wildman–Crippen LogP) is 4.68. The van der Waals surface area contributed by atoms with E-state index in [9.17, 15) is 0 Å². The Hall–Kier alpha value is -0.570. The summed E-state index contributed by atoms with van der Waals surface area (Å²) < 4.78 is 6.13. The fourth-order valence-electron chi connectivity index (χ4n) is 2.68. The molecular weight excluding hydrogens is 270 g/mol. The molecule has 1 unspecified atom stereocenters. The second-order valence-corrected chi connectivity index (χ2v) is 6.06. The number of likely N-dealkylation sites (tertiary alicyclic amines) is 1. The van der Waals surface area contributed by atoms with Gasteiger partial charge in [-0.2, -0.15) is 0 Å². The van der Waals surface area contributed by atoms with Gasteiger partial charge in [0.25, 0.3) is 0 Å². The Balaban J connectivity index is 1.97. The summed E-state index contributed by atoms with van der Waals surface area (Å²) in [6, 6.07) is 8.12. The Labute approximate surface area is 128 Å². The van der Waals surface area contributed by atoms with Crippen LogP contribution in [0.15, 0.2) is 24.3 Å². The molecule has 0 aliphatic carbocycles. The summed E-state index contributed by atoms with van der Waals surface area (Å²) >= 11 is 5.98. The molecule has 0 radical (unpaired) electrons. The first-order valence-electron chi connectivity index (χ1n) is 7.89. The number of ether oxygens (including phenoxy) is 1. The van der Waals surface area contributed by atoms with E-state index in [1.54, 1.807) is 0 Å². The summed E-state index contributed by atoms with van der Waals surface area (Å²) in [6.07, 6.45) is 6.50. The van der Waals surface area contributed by atoms with Crippen molar-refractivity contribution in [3.8, 4) is 0 Å². The van der Waals surface area contributed by atoms with E-state index in [1.807, 2.05) is 12.1 Å². The molecule has 1 aromatic rings. The molecule has 1 aromatic carbocycles. The molecule has 1 aliphatic heterocycles. The van der Waals surface area contributed by atoms with Crippen LogP contribution in [0.5, 0.6) is 0 Å². The molecule has 0 bridgehead atoms. The Bertz CT molecular complexity index is 373. The highest BCUT2D eigenvalue weighted by molar-refractivity contribution is 6.30. The summed E-state index contributed by atoms with van der Waals surface area (Å²) in [7, 11) is 0. The van der Waals surface area contributed by atoms with Crippen LogP contribution in [0.4, 0.5) is 0 Å². The van der Waals surface area contributed by atoms with Gasteiger partial charge in [-0.15, -0.1) is 0 Å². The lowest BCUT2D eigenvalue weighted by atomic mass is 10.1. The Morgan fingerprint density at radius 3 is 2.50 bits per heavy atom. The summed E-state index contributed by atoms with van der Waals surface area (Å²) in [5.74, 6) is 0. The van der Waals surface area contributed by atoms with Gasteiger partial charge in [0.15, 0.2) is 0 Å². The summed E-state index contributed by atoms with van der Waals surface area (Å²) in [5.41, 5.74) is 1.25. The van der Waals surface area contributed by atoms with Crippen LogP contribution in [-0.2, 0) is 4.74 Å². The first-order chi connectivity index (χ1) is 9.79. The van der Waals surface area contributed by atoms with Gasteiger partial charge in [-0.1, -0.05) is 43.5 Å². The average Bonchev–Trinajstić information content (AvgIpc) is 2.48. The van der Waals surface area contributed by atoms with Crippen LogP contribution < -0.4 is 0 Å². The predicted molar refractivity (Wildman–Crippen MR) is 85.3 cm³/mol. The van der Waals surface area contributed by atoms with Crippen LogP contribution >= 0.6 is 11.6 Å². The van der Waals surface area contributed by atoms with Crippen molar-refractivity contribution < 1.29 is 4.74 Å². The molecule has 112 valence electrons. The molecule has 20 heavy (non-hydrogen) atoms. The number of hydrogen-bond donors (Lipinski definition) is 0. The maximum absolute atomic E-state index is 6.13. The summed E-state index contributed by atoms with van der Waals surface area (Å²) in [6.45, 7) is 6.47. The highest BCUT2D eigenvalue weighted by Crippen LogP contribution is 2.23. The molecule has 1 fully saturated rings. The van der Waals surface area contributed by atoms with Gasteiger partial charge in [-0.05, 0) is 50.0 Å². The van der Waals surface area contributed by atoms with Crippen molar-refractivity contribution in [3.05, 3.63) is 34.9 Å². The summed E-state index contributed by atoms with van der Waals surface area (Å²) in [4.78, 5) is 2.54. The second kappa shape index (κ2) is 8.66. The first-order valence-corrected chi connectivity index (χ1v) is 8.27. The zero-order valence-electron chi connectivity index (χ0n) is 12.5. The molecule has 1 aliphatic rings. The van der Waals surface area contributed by atoms with Crippen molar-refractivity contribution >= 4 is 11.6 Å². The van der Waals surface area contributed by atoms with Gasteiger partial charge in [0, 0.05) is 18.2 Å². The third-order valence-corrected chi connectivity index (χ3v) is 4.18.